The Morgan fingerprint density at radius 3 is 2.50 bits per heavy atom. The number of hydrogen-bond donors (Lipinski definition) is 2. The normalized spacial score (nSPS) is 30.2. The molecule has 16 heavy (non-hydrogen) atoms. The van der Waals surface area contributed by atoms with Crippen LogP contribution in [0.15, 0.2) is 0 Å². The molecule has 0 amide bonds. The van der Waals surface area contributed by atoms with E-state index in [2.05, 4.69) is 31.0 Å². The molecule has 2 unspecified atom stereocenters. The maximum atomic E-state index is 9.61. The van der Waals surface area contributed by atoms with E-state index < -0.39 is 0 Å². The van der Waals surface area contributed by atoms with Gasteiger partial charge in [0, 0.05) is 11.6 Å². The van der Waals surface area contributed by atoms with E-state index in [1.165, 1.54) is 6.42 Å². The average Bonchev–Trinajstić information content (AvgIpc) is 2.73. The van der Waals surface area contributed by atoms with Gasteiger partial charge in [-0.05, 0) is 45.3 Å². The van der Waals surface area contributed by atoms with Gasteiger partial charge in [0.15, 0.2) is 0 Å². The van der Waals surface area contributed by atoms with E-state index in [9.17, 15) is 5.11 Å². The van der Waals surface area contributed by atoms with Gasteiger partial charge in [0.25, 0.3) is 0 Å². The monoisotopic (exact) mass is 228 g/mol. The van der Waals surface area contributed by atoms with Gasteiger partial charge in [-0.25, -0.2) is 0 Å². The molecule has 1 rings (SSSR count). The number of hydrogen-bond acceptors (Lipinski definition) is 3. The Morgan fingerprint density at radius 2 is 2.00 bits per heavy atom. The smallest absolute Gasteiger partial charge is 0.0613 e. The van der Waals surface area contributed by atoms with Crippen molar-refractivity contribution >= 4 is 0 Å². The Balaban J connectivity index is 2.52. The maximum Gasteiger partial charge on any atom is 0.0613 e. The maximum absolute atomic E-state index is 9.61. The first kappa shape index (κ1) is 13.9. The van der Waals surface area contributed by atoms with E-state index in [-0.39, 0.29) is 12.1 Å². The molecule has 1 saturated carbocycles. The van der Waals surface area contributed by atoms with Gasteiger partial charge in [0.2, 0.25) is 0 Å². The number of rotatable bonds is 7. The van der Waals surface area contributed by atoms with E-state index in [0.29, 0.717) is 6.04 Å². The Hall–Kier alpha value is -0.120. The lowest BCUT2D eigenvalue weighted by Crippen LogP contribution is -2.48. The van der Waals surface area contributed by atoms with Crippen LogP contribution in [0.5, 0.6) is 0 Å². The van der Waals surface area contributed by atoms with Crippen LogP contribution in [-0.4, -0.2) is 47.8 Å². The summed E-state index contributed by atoms with van der Waals surface area (Å²) in [5.41, 5.74) is 0.00324. The molecule has 0 aromatic carbocycles. The van der Waals surface area contributed by atoms with Gasteiger partial charge >= 0.3 is 0 Å². The Labute approximate surface area is 100 Å². The molecule has 1 fully saturated rings. The summed E-state index contributed by atoms with van der Waals surface area (Å²) < 4.78 is 0. The summed E-state index contributed by atoms with van der Waals surface area (Å²) in [6.45, 7) is 10.2. The molecule has 0 radical (unpaired) electrons. The van der Waals surface area contributed by atoms with Crippen LogP contribution in [0.1, 0.15) is 46.5 Å². The molecule has 96 valence electrons. The summed E-state index contributed by atoms with van der Waals surface area (Å²) in [6, 6.07) is 0.659. The van der Waals surface area contributed by atoms with Crippen LogP contribution < -0.4 is 5.32 Å². The van der Waals surface area contributed by atoms with Gasteiger partial charge in [0.1, 0.15) is 0 Å². The van der Waals surface area contributed by atoms with Crippen LogP contribution in [0.4, 0.5) is 0 Å². The molecule has 0 spiro atoms. The van der Waals surface area contributed by atoms with Crippen LogP contribution in [0.25, 0.3) is 0 Å². The first-order valence-electron chi connectivity index (χ1n) is 6.81. The minimum Gasteiger partial charge on any atom is -0.394 e. The van der Waals surface area contributed by atoms with Gasteiger partial charge in [-0.1, -0.05) is 20.8 Å². The van der Waals surface area contributed by atoms with Crippen molar-refractivity contribution in [3.8, 4) is 0 Å². The summed E-state index contributed by atoms with van der Waals surface area (Å²) in [5, 5.41) is 13.2. The zero-order chi connectivity index (χ0) is 12.0. The van der Waals surface area contributed by atoms with Crippen molar-refractivity contribution in [2.45, 2.75) is 58.0 Å². The van der Waals surface area contributed by atoms with Crippen LogP contribution in [0.2, 0.25) is 0 Å². The Kier molecular flexibility index (Phi) is 5.73. The number of aliphatic hydroxyl groups excluding tert-OH is 1. The molecule has 2 atom stereocenters. The SMILES string of the molecule is CCCNC1(CO)CCC(N(CC)CC)C1. The predicted molar refractivity (Wildman–Crippen MR) is 68.7 cm³/mol. The zero-order valence-corrected chi connectivity index (χ0v) is 11.1. The molecule has 0 aliphatic heterocycles. The predicted octanol–water partition coefficient (Wildman–Crippen LogP) is 1.61. The van der Waals surface area contributed by atoms with Gasteiger partial charge < -0.3 is 15.3 Å². The highest BCUT2D eigenvalue weighted by Crippen LogP contribution is 2.32. The molecule has 3 nitrogen and oxygen atoms in total. The van der Waals surface area contributed by atoms with Gasteiger partial charge in [-0.15, -0.1) is 0 Å². The van der Waals surface area contributed by atoms with Crippen molar-refractivity contribution in [2.24, 2.45) is 0 Å². The fourth-order valence-electron chi connectivity index (χ4n) is 2.90. The fraction of sp³-hybridized carbons (Fsp3) is 1.00. The average molecular weight is 228 g/mol. The Morgan fingerprint density at radius 1 is 1.31 bits per heavy atom. The molecule has 2 N–H and O–H groups in total. The molecule has 1 aliphatic rings. The largest absolute Gasteiger partial charge is 0.394 e. The van der Waals surface area contributed by atoms with Crippen LogP contribution in [0.3, 0.4) is 0 Å². The summed E-state index contributed by atoms with van der Waals surface area (Å²) in [4.78, 5) is 2.52. The molecular weight excluding hydrogens is 200 g/mol. The van der Waals surface area contributed by atoms with Crippen molar-refractivity contribution in [1.82, 2.24) is 10.2 Å². The van der Waals surface area contributed by atoms with E-state index >= 15 is 0 Å². The van der Waals surface area contributed by atoms with E-state index in [4.69, 9.17) is 0 Å². The third-order valence-corrected chi connectivity index (χ3v) is 3.96. The summed E-state index contributed by atoms with van der Waals surface area (Å²) >= 11 is 0. The quantitative estimate of drug-likeness (QED) is 0.695. The van der Waals surface area contributed by atoms with Crippen LogP contribution in [0, 0.1) is 0 Å². The van der Waals surface area contributed by atoms with Gasteiger partial charge in [0.05, 0.1) is 6.61 Å². The molecule has 0 saturated heterocycles. The van der Waals surface area contributed by atoms with Crippen LogP contribution in [-0.2, 0) is 0 Å². The minimum atomic E-state index is 0.00324. The summed E-state index contributed by atoms with van der Waals surface area (Å²) in [5.74, 6) is 0. The highest BCUT2D eigenvalue weighted by molar-refractivity contribution is 4.99. The second-order valence-electron chi connectivity index (χ2n) is 4.98. The van der Waals surface area contributed by atoms with Crippen molar-refractivity contribution in [1.29, 1.82) is 0 Å². The zero-order valence-electron chi connectivity index (χ0n) is 11.1. The summed E-state index contributed by atoms with van der Waals surface area (Å²) in [7, 11) is 0. The van der Waals surface area contributed by atoms with Crippen molar-refractivity contribution in [3.63, 3.8) is 0 Å². The third-order valence-electron chi connectivity index (χ3n) is 3.96. The molecule has 0 aromatic heterocycles. The van der Waals surface area contributed by atoms with Crippen molar-refractivity contribution in [2.75, 3.05) is 26.2 Å². The van der Waals surface area contributed by atoms with Crippen LogP contribution >= 0.6 is 0 Å². The molecule has 3 heteroatoms. The van der Waals surface area contributed by atoms with E-state index in [1.54, 1.807) is 0 Å². The highest BCUT2D eigenvalue weighted by Gasteiger charge is 2.39. The standard InChI is InChI=1S/C13H28N2O/c1-4-9-14-13(11-16)8-7-12(10-13)15(5-2)6-3/h12,14,16H,4-11H2,1-3H3. The van der Waals surface area contributed by atoms with E-state index in [1.807, 2.05) is 0 Å². The van der Waals surface area contributed by atoms with Gasteiger partial charge in [-0.2, -0.15) is 0 Å². The Bertz CT molecular complexity index is 194. The second-order valence-corrected chi connectivity index (χ2v) is 4.98. The number of nitrogens with one attached hydrogen (secondary N) is 1. The first-order valence-corrected chi connectivity index (χ1v) is 6.81. The molecule has 0 bridgehead atoms. The molecule has 1 aliphatic carbocycles. The second kappa shape index (κ2) is 6.58. The lowest BCUT2D eigenvalue weighted by atomic mass is 9.98. The minimum absolute atomic E-state index is 0.00324. The third kappa shape index (κ3) is 3.19. The van der Waals surface area contributed by atoms with Gasteiger partial charge in [-0.3, -0.25) is 0 Å². The number of aliphatic hydroxyl groups is 1. The highest BCUT2D eigenvalue weighted by atomic mass is 16.3. The summed E-state index contributed by atoms with van der Waals surface area (Å²) in [6.07, 6.45) is 4.58. The first-order chi connectivity index (χ1) is 7.71. The fourth-order valence-corrected chi connectivity index (χ4v) is 2.90. The molecule has 0 heterocycles. The van der Waals surface area contributed by atoms with Crippen molar-refractivity contribution < 1.29 is 5.11 Å². The molecule has 0 aromatic rings. The number of nitrogens with zero attached hydrogens (tertiary/aromatic N) is 1. The van der Waals surface area contributed by atoms with E-state index in [0.717, 1.165) is 38.9 Å². The van der Waals surface area contributed by atoms with Crippen molar-refractivity contribution in [3.05, 3.63) is 0 Å². The molecular formula is C13H28N2O. The lowest BCUT2D eigenvalue weighted by molar-refractivity contribution is 0.146. The lowest BCUT2D eigenvalue weighted by Gasteiger charge is -2.31. The topological polar surface area (TPSA) is 35.5 Å².